The van der Waals surface area contributed by atoms with E-state index in [0.29, 0.717) is 5.82 Å². The summed E-state index contributed by atoms with van der Waals surface area (Å²) in [5.41, 5.74) is 3.85. The van der Waals surface area contributed by atoms with Gasteiger partial charge in [-0.05, 0) is 24.1 Å². The summed E-state index contributed by atoms with van der Waals surface area (Å²) < 4.78 is 12.9. The third-order valence-electron chi connectivity index (χ3n) is 4.19. The summed E-state index contributed by atoms with van der Waals surface area (Å²) in [6.45, 7) is 0. The molecule has 0 amide bonds. The first-order valence-electron chi connectivity index (χ1n) is 8.44. The molecule has 4 nitrogen and oxygen atoms in total. The lowest BCUT2D eigenvalue weighted by Crippen LogP contribution is -1.94. The molecule has 4 aromatic rings. The van der Waals surface area contributed by atoms with Crippen LogP contribution in [0.25, 0.3) is 22.6 Å². The zero-order valence-electron chi connectivity index (χ0n) is 14.1. The first kappa shape index (κ1) is 16.1. The number of hydrogen-bond donors (Lipinski definition) is 1. The Morgan fingerprint density at radius 2 is 1.46 bits per heavy atom. The molecule has 2 aromatic carbocycles. The second kappa shape index (κ2) is 7.27. The number of benzene rings is 2. The molecule has 4 rings (SSSR count). The molecule has 5 heteroatoms. The Labute approximate surface area is 150 Å². The van der Waals surface area contributed by atoms with Crippen LogP contribution >= 0.6 is 0 Å². The number of H-pyrrole nitrogens is 1. The van der Waals surface area contributed by atoms with Crippen molar-refractivity contribution in [3.63, 3.8) is 0 Å². The monoisotopic (exact) mass is 344 g/mol. The summed E-state index contributed by atoms with van der Waals surface area (Å²) in [5, 5.41) is 0. The highest BCUT2D eigenvalue weighted by Gasteiger charge is 2.06. The van der Waals surface area contributed by atoms with Gasteiger partial charge in [-0.25, -0.2) is 19.3 Å². The number of aromatic amines is 1. The first-order valence-corrected chi connectivity index (χ1v) is 8.44. The second-order valence-corrected chi connectivity index (χ2v) is 6.03. The summed E-state index contributed by atoms with van der Waals surface area (Å²) in [4.78, 5) is 16.6. The standard InChI is InChI=1S/C21H17FN4/c22-18-9-6-15(7-10-18)8-11-20-23-14-19(26-20)17-12-24-21(25-13-17)16-4-2-1-3-5-16/h1-7,9-10,12-14H,8,11H2,(H,23,26). The molecule has 0 aliphatic heterocycles. The normalized spacial score (nSPS) is 10.8. The van der Waals surface area contributed by atoms with Gasteiger partial charge in [-0.3, -0.25) is 0 Å². The lowest BCUT2D eigenvalue weighted by Gasteiger charge is -2.01. The van der Waals surface area contributed by atoms with Gasteiger partial charge in [-0.15, -0.1) is 0 Å². The van der Waals surface area contributed by atoms with Crippen LogP contribution in [-0.4, -0.2) is 19.9 Å². The SMILES string of the molecule is Fc1ccc(CCc2ncc(-c3cnc(-c4ccccc4)nc3)[nH]2)cc1. The molecule has 26 heavy (non-hydrogen) atoms. The molecule has 0 unspecified atom stereocenters. The zero-order valence-corrected chi connectivity index (χ0v) is 14.1. The molecule has 0 aliphatic carbocycles. The van der Waals surface area contributed by atoms with Gasteiger partial charge in [0.15, 0.2) is 5.82 Å². The Morgan fingerprint density at radius 1 is 0.731 bits per heavy atom. The van der Waals surface area contributed by atoms with Crippen molar-refractivity contribution in [1.29, 1.82) is 0 Å². The summed E-state index contributed by atoms with van der Waals surface area (Å²) in [6.07, 6.45) is 6.95. The fourth-order valence-electron chi connectivity index (χ4n) is 2.75. The van der Waals surface area contributed by atoms with Crippen molar-refractivity contribution in [3.05, 3.63) is 90.4 Å². The molecular weight excluding hydrogens is 327 g/mol. The van der Waals surface area contributed by atoms with E-state index in [1.807, 2.05) is 30.3 Å². The van der Waals surface area contributed by atoms with Gasteiger partial charge in [0, 0.05) is 29.9 Å². The topological polar surface area (TPSA) is 54.5 Å². The van der Waals surface area contributed by atoms with Crippen LogP contribution in [0.4, 0.5) is 4.39 Å². The number of nitrogens with zero attached hydrogens (tertiary/aromatic N) is 3. The largest absolute Gasteiger partial charge is 0.342 e. The van der Waals surface area contributed by atoms with Gasteiger partial charge in [-0.2, -0.15) is 0 Å². The van der Waals surface area contributed by atoms with Crippen LogP contribution in [0.3, 0.4) is 0 Å². The minimum Gasteiger partial charge on any atom is -0.342 e. The number of rotatable bonds is 5. The number of nitrogens with one attached hydrogen (secondary N) is 1. The number of imidazole rings is 1. The molecule has 0 bridgehead atoms. The Hall–Kier alpha value is -3.34. The van der Waals surface area contributed by atoms with Gasteiger partial charge in [0.1, 0.15) is 11.6 Å². The van der Waals surface area contributed by atoms with E-state index in [2.05, 4.69) is 19.9 Å². The Bertz CT molecular complexity index is 977. The van der Waals surface area contributed by atoms with Crippen molar-refractivity contribution in [1.82, 2.24) is 19.9 Å². The quantitative estimate of drug-likeness (QED) is 0.582. The van der Waals surface area contributed by atoms with Crippen LogP contribution in [0.5, 0.6) is 0 Å². The average molecular weight is 344 g/mol. The van der Waals surface area contributed by atoms with E-state index in [4.69, 9.17) is 0 Å². The summed E-state index contributed by atoms with van der Waals surface area (Å²) >= 11 is 0. The summed E-state index contributed by atoms with van der Waals surface area (Å²) in [5.74, 6) is 1.37. The van der Waals surface area contributed by atoms with E-state index >= 15 is 0 Å². The molecule has 2 aromatic heterocycles. The minimum absolute atomic E-state index is 0.215. The fourth-order valence-corrected chi connectivity index (χ4v) is 2.75. The lowest BCUT2D eigenvalue weighted by atomic mass is 10.1. The van der Waals surface area contributed by atoms with Gasteiger partial charge in [0.05, 0.1) is 11.9 Å². The first-order chi connectivity index (χ1) is 12.8. The summed E-state index contributed by atoms with van der Waals surface area (Å²) in [6, 6.07) is 16.4. The molecular formula is C21H17FN4. The van der Waals surface area contributed by atoms with Crippen LogP contribution in [0, 0.1) is 5.82 Å². The maximum atomic E-state index is 12.9. The van der Waals surface area contributed by atoms with Crippen LogP contribution in [0.1, 0.15) is 11.4 Å². The molecule has 0 spiro atoms. The highest BCUT2D eigenvalue weighted by atomic mass is 19.1. The second-order valence-electron chi connectivity index (χ2n) is 6.03. The average Bonchev–Trinajstić information content (AvgIpc) is 3.17. The molecule has 0 radical (unpaired) electrons. The Balaban J connectivity index is 1.45. The third-order valence-corrected chi connectivity index (χ3v) is 4.19. The van der Waals surface area contributed by atoms with Crippen molar-refractivity contribution in [2.24, 2.45) is 0 Å². The zero-order chi connectivity index (χ0) is 17.8. The van der Waals surface area contributed by atoms with Gasteiger partial charge in [-0.1, -0.05) is 42.5 Å². The molecule has 2 heterocycles. The van der Waals surface area contributed by atoms with Gasteiger partial charge >= 0.3 is 0 Å². The van der Waals surface area contributed by atoms with E-state index in [-0.39, 0.29) is 5.82 Å². The van der Waals surface area contributed by atoms with Crippen LogP contribution < -0.4 is 0 Å². The van der Waals surface area contributed by atoms with Crippen molar-refractivity contribution in [2.45, 2.75) is 12.8 Å². The van der Waals surface area contributed by atoms with E-state index in [1.165, 1.54) is 12.1 Å². The molecule has 0 fully saturated rings. The van der Waals surface area contributed by atoms with E-state index in [1.54, 1.807) is 30.7 Å². The van der Waals surface area contributed by atoms with Gasteiger partial charge < -0.3 is 4.98 Å². The minimum atomic E-state index is -0.215. The number of halogens is 1. The number of hydrogen-bond acceptors (Lipinski definition) is 3. The predicted molar refractivity (Wildman–Crippen MR) is 98.9 cm³/mol. The van der Waals surface area contributed by atoms with E-state index in [9.17, 15) is 4.39 Å². The molecule has 1 N–H and O–H groups in total. The van der Waals surface area contributed by atoms with Crippen molar-refractivity contribution in [2.75, 3.05) is 0 Å². The molecule has 0 aliphatic rings. The third kappa shape index (κ3) is 3.67. The Kier molecular flexibility index (Phi) is 4.51. The molecule has 0 saturated heterocycles. The highest BCUT2D eigenvalue weighted by Crippen LogP contribution is 2.19. The maximum Gasteiger partial charge on any atom is 0.159 e. The van der Waals surface area contributed by atoms with Crippen molar-refractivity contribution < 1.29 is 4.39 Å². The molecule has 0 atom stereocenters. The van der Waals surface area contributed by atoms with Crippen LogP contribution in [0.2, 0.25) is 0 Å². The maximum absolute atomic E-state index is 12.9. The van der Waals surface area contributed by atoms with Gasteiger partial charge in [0.25, 0.3) is 0 Å². The van der Waals surface area contributed by atoms with Crippen molar-refractivity contribution in [3.8, 4) is 22.6 Å². The number of aromatic nitrogens is 4. The fraction of sp³-hybridized carbons (Fsp3) is 0.0952. The Morgan fingerprint density at radius 3 is 2.19 bits per heavy atom. The lowest BCUT2D eigenvalue weighted by molar-refractivity contribution is 0.627. The van der Waals surface area contributed by atoms with E-state index in [0.717, 1.165) is 41.1 Å². The molecule has 128 valence electrons. The van der Waals surface area contributed by atoms with Crippen LogP contribution in [-0.2, 0) is 12.8 Å². The predicted octanol–water partition coefficient (Wildman–Crippen LogP) is 4.46. The number of aryl methyl sites for hydroxylation is 2. The van der Waals surface area contributed by atoms with Gasteiger partial charge in [0.2, 0.25) is 0 Å². The smallest absolute Gasteiger partial charge is 0.159 e. The van der Waals surface area contributed by atoms with Crippen LogP contribution in [0.15, 0.2) is 73.2 Å². The highest BCUT2D eigenvalue weighted by molar-refractivity contribution is 5.60. The van der Waals surface area contributed by atoms with E-state index < -0.39 is 0 Å². The molecule has 0 saturated carbocycles. The summed E-state index contributed by atoms with van der Waals surface area (Å²) in [7, 11) is 0. The van der Waals surface area contributed by atoms with Crippen molar-refractivity contribution >= 4 is 0 Å².